The summed E-state index contributed by atoms with van der Waals surface area (Å²) in [5.41, 5.74) is 1.95. The van der Waals surface area contributed by atoms with Crippen molar-refractivity contribution in [2.45, 2.75) is 19.8 Å². The SMILES string of the molecule is CCc1ccc(C(=O)CN(C)CCC(=O)NC)cc1. The second-order valence-corrected chi connectivity index (χ2v) is 4.63. The molecular weight excluding hydrogens is 240 g/mol. The van der Waals surface area contributed by atoms with E-state index in [4.69, 9.17) is 0 Å². The molecule has 0 aromatic heterocycles. The molecule has 0 saturated heterocycles. The number of nitrogens with zero attached hydrogens (tertiary/aromatic N) is 1. The Labute approximate surface area is 114 Å². The summed E-state index contributed by atoms with van der Waals surface area (Å²) in [5.74, 6) is 0.0775. The fourth-order valence-corrected chi connectivity index (χ4v) is 1.76. The van der Waals surface area contributed by atoms with E-state index in [1.54, 1.807) is 7.05 Å². The maximum atomic E-state index is 12.0. The average Bonchev–Trinajstić information content (AvgIpc) is 2.44. The third kappa shape index (κ3) is 5.22. The van der Waals surface area contributed by atoms with Crippen molar-refractivity contribution >= 4 is 11.7 Å². The molecule has 0 bridgehead atoms. The molecule has 1 amide bonds. The number of carbonyl (C=O) groups excluding carboxylic acids is 2. The predicted octanol–water partition coefficient (Wildman–Crippen LogP) is 1.50. The van der Waals surface area contributed by atoms with E-state index < -0.39 is 0 Å². The minimum Gasteiger partial charge on any atom is -0.359 e. The van der Waals surface area contributed by atoms with E-state index in [1.807, 2.05) is 36.2 Å². The summed E-state index contributed by atoms with van der Waals surface area (Å²) < 4.78 is 0. The summed E-state index contributed by atoms with van der Waals surface area (Å²) in [6.07, 6.45) is 1.38. The highest BCUT2D eigenvalue weighted by Crippen LogP contribution is 2.06. The molecule has 19 heavy (non-hydrogen) atoms. The summed E-state index contributed by atoms with van der Waals surface area (Å²) in [7, 11) is 3.46. The zero-order valence-corrected chi connectivity index (χ0v) is 11.9. The molecule has 4 heteroatoms. The van der Waals surface area contributed by atoms with Gasteiger partial charge in [-0.1, -0.05) is 31.2 Å². The average molecular weight is 262 g/mol. The van der Waals surface area contributed by atoms with Gasteiger partial charge in [0, 0.05) is 25.6 Å². The normalized spacial score (nSPS) is 10.5. The minimum atomic E-state index is -0.00778. The minimum absolute atomic E-state index is 0.00778. The first kappa shape index (κ1) is 15.4. The van der Waals surface area contributed by atoms with Gasteiger partial charge in [0.15, 0.2) is 5.78 Å². The zero-order chi connectivity index (χ0) is 14.3. The van der Waals surface area contributed by atoms with Crippen molar-refractivity contribution in [1.29, 1.82) is 0 Å². The monoisotopic (exact) mass is 262 g/mol. The molecule has 0 heterocycles. The molecule has 0 aliphatic rings. The van der Waals surface area contributed by atoms with Gasteiger partial charge in [-0.25, -0.2) is 0 Å². The van der Waals surface area contributed by atoms with Crippen molar-refractivity contribution in [3.8, 4) is 0 Å². The third-order valence-electron chi connectivity index (χ3n) is 3.10. The van der Waals surface area contributed by atoms with Crippen LogP contribution in [0.15, 0.2) is 24.3 Å². The van der Waals surface area contributed by atoms with E-state index >= 15 is 0 Å². The van der Waals surface area contributed by atoms with Gasteiger partial charge in [0.25, 0.3) is 0 Å². The van der Waals surface area contributed by atoms with Crippen molar-refractivity contribution in [3.05, 3.63) is 35.4 Å². The summed E-state index contributed by atoms with van der Waals surface area (Å²) in [6.45, 7) is 3.00. The molecule has 0 atom stereocenters. The number of likely N-dealkylation sites (N-methyl/N-ethyl adjacent to an activating group) is 1. The first-order valence-corrected chi connectivity index (χ1v) is 6.58. The van der Waals surface area contributed by atoms with Crippen molar-refractivity contribution < 1.29 is 9.59 Å². The molecular formula is C15H22N2O2. The summed E-state index contributed by atoms with van der Waals surface area (Å²) in [5, 5.41) is 2.57. The number of nitrogens with one attached hydrogen (secondary N) is 1. The Morgan fingerprint density at radius 2 is 1.84 bits per heavy atom. The fraction of sp³-hybridized carbons (Fsp3) is 0.467. The van der Waals surface area contributed by atoms with Gasteiger partial charge in [0.2, 0.25) is 5.91 Å². The lowest BCUT2D eigenvalue weighted by Crippen LogP contribution is -2.30. The van der Waals surface area contributed by atoms with Gasteiger partial charge in [-0.05, 0) is 19.0 Å². The number of carbonyl (C=O) groups is 2. The van der Waals surface area contributed by atoms with Gasteiger partial charge in [0.05, 0.1) is 6.54 Å². The molecule has 0 fully saturated rings. The van der Waals surface area contributed by atoms with Crippen LogP contribution in [0.1, 0.15) is 29.3 Å². The van der Waals surface area contributed by atoms with Crippen molar-refractivity contribution in [3.63, 3.8) is 0 Å². The van der Waals surface area contributed by atoms with Crippen molar-refractivity contribution in [1.82, 2.24) is 10.2 Å². The molecule has 1 N–H and O–H groups in total. The highest BCUT2D eigenvalue weighted by molar-refractivity contribution is 5.97. The van der Waals surface area contributed by atoms with Crippen LogP contribution in [0.3, 0.4) is 0 Å². The first-order valence-electron chi connectivity index (χ1n) is 6.58. The number of benzene rings is 1. The van der Waals surface area contributed by atoms with Crippen LogP contribution in [0, 0.1) is 0 Å². The Bertz CT molecular complexity index is 426. The Morgan fingerprint density at radius 1 is 1.21 bits per heavy atom. The van der Waals surface area contributed by atoms with Crippen LogP contribution in [0.25, 0.3) is 0 Å². The van der Waals surface area contributed by atoms with E-state index in [2.05, 4.69) is 12.2 Å². The Morgan fingerprint density at radius 3 is 2.37 bits per heavy atom. The molecule has 1 aromatic rings. The number of ketones is 1. The number of hydrogen-bond acceptors (Lipinski definition) is 3. The number of rotatable bonds is 7. The van der Waals surface area contributed by atoms with Crippen LogP contribution in [-0.4, -0.2) is 43.8 Å². The van der Waals surface area contributed by atoms with Crippen molar-refractivity contribution in [2.75, 3.05) is 27.2 Å². The van der Waals surface area contributed by atoms with Crippen LogP contribution in [0.5, 0.6) is 0 Å². The predicted molar refractivity (Wildman–Crippen MR) is 76.3 cm³/mol. The van der Waals surface area contributed by atoms with Gasteiger partial charge < -0.3 is 5.32 Å². The van der Waals surface area contributed by atoms with E-state index in [0.717, 1.165) is 12.0 Å². The van der Waals surface area contributed by atoms with Crippen LogP contribution >= 0.6 is 0 Å². The van der Waals surface area contributed by atoms with Gasteiger partial charge in [-0.2, -0.15) is 0 Å². The van der Waals surface area contributed by atoms with Crippen molar-refractivity contribution in [2.24, 2.45) is 0 Å². The number of aryl methyl sites for hydroxylation is 1. The largest absolute Gasteiger partial charge is 0.359 e. The smallest absolute Gasteiger partial charge is 0.221 e. The van der Waals surface area contributed by atoms with Gasteiger partial charge in [0.1, 0.15) is 0 Å². The lowest BCUT2D eigenvalue weighted by molar-refractivity contribution is -0.120. The summed E-state index contributed by atoms with van der Waals surface area (Å²) >= 11 is 0. The van der Waals surface area contributed by atoms with E-state index in [0.29, 0.717) is 19.5 Å². The topological polar surface area (TPSA) is 49.4 Å². The molecule has 0 aliphatic heterocycles. The van der Waals surface area contributed by atoms with Crippen LogP contribution in [0.2, 0.25) is 0 Å². The second-order valence-electron chi connectivity index (χ2n) is 4.63. The van der Waals surface area contributed by atoms with Gasteiger partial charge in [-0.3, -0.25) is 14.5 Å². The molecule has 104 valence electrons. The summed E-state index contributed by atoms with van der Waals surface area (Å²) in [6, 6.07) is 7.71. The Balaban J connectivity index is 2.46. The standard InChI is InChI=1S/C15H22N2O2/c1-4-12-5-7-13(8-6-12)14(18)11-17(3)10-9-15(19)16-2/h5-8H,4,9-11H2,1-3H3,(H,16,19). The van der Waals surface area contributed by atoms with Crippen LogP contribution in [0.4, 0.5) is 0 Å². The van der Waals surface area contributed by atoms with Gasteiger partial charge >= 0.3 is 0 Å². The molecule has 4 nitrogen and oxygen atoms in total. The lowest BCUT2D eigenvalue weighted by atomic mass is 10.1. The lowest BCUT2D eigenvalue weighted by Gasteiger charge is -2.15. The molecule has 0 spiro atoms. The van der Waals surface area contributed by atoms with Gasteiger partial charge in [-0.15, -0.1) is 0 Å². The highest BCUT2D eigenvalue weighted by atomic mass is 16.1. The number of amides is 1. The quantitative estimate of drug-likeness (QED) is 0.758. The molecule has 1 rings (SSSR count). The first-order chi connectivity index (χ1) is 9.06. The van der Waals surface area contributed by atoms with Crippen LogP contribution in [-0.2, 0) is 11.2 Å². The fourth-order valence-electron chi connectivity index (χ4n) is 1.76. The van der Waals surface area contributed by atoms with E-state index in [1.165, 1.54) is 5.56 Å². The Kier molecular flexibility index (Phi) is 6.22. The molecule has 0 unspecified atom stereocenters. The zero-order valence-electron chi connectivity index (χ0n) is 11.9. The van der Waals surface area contributed by atoms with E-state index in [-0.39, 0.29) is 11.7 Å². The molecule has 0 saturated carbocycles. The van der Waals surface area contributed by atoms with Crippen LogP contribution < -0.4 is 5.32 Å². The maximum Gasteiger partial charge on any atom is 0.221 e. The highest BCUT2D eigenvalue weighted by Gasteiger charge is 2.10. The second kappa shape index (κ2) is 7.69. The number of Topliss-reactive ketones (excluding diaryl/α,β-unsaturated/α-hetero) is 1. The molecule has 0 radical (unpaired) electrons. The Hall–Kier alpha value is -1.68. The number of hydrogen-bond donors (Lipinski definition) is 1. The summed E-state index contributed by atoms with van der Waals surface area (Å²) in [4.78, 5) is 25.0. The van der Waals surface area contributed by atoms with E-state index in [9.17, 15) is 9.59 Å². The molecule has 1 aromatic carbocycles. The maximum absolute atomic E-state index is 12.0. The molecule has 0 aliphatic carbocycles. The third-order valence-corrected chi connectivity index (χ3v) is 3.10.